The Bertz CT molecular complexity index is 9100. The molecule has 28 rings (SSSR count). The summed E-state index contributed by atoms with van der Waals surface area (Å²) in [6.45, 7) is 40.2. The van der Waals surface area contributed by atoms with E-state index < -0.39 is 0 Å². The minimum absolute atomic E-state index is 0.490. The molecule has 5 nitrogen and oxygen atoms in total. The Hall–Kier alpha value is -14.9. The third-order valence-corrected chi connectivity index (χ3v) is 33.5. The predicted molar refractivity (Wildman–Crippen MR) is 660 cm³/mol. The molecule has 0 radical (unpaired) electrons. The van der Waals surface area contributed by atoms with E-state index in [1.54, 1.807) is 0 Å². The van der Waals surface area contributed by atoms with Crippen molar-refractivity contribution in [3.63, 3.8) is 0 Å². The van der Waals surface area contributed by atoms with Crippen LogP contribution in [0.2, 0.25) is 0 Å². The molecular weight excluding hydrogens is 1900 g/mol. The van der Waals surface area contributed by atoms with Crippen molar-refractivity contribution in [3.8, 4) is 5.69 Å². The SMILES string of the molecule is CC(C)c1ccc2c(c1)oc1ccccc12.CC(C)c1ccc2c(c1)sc1ccccc12.CC(C)c1ccc2oc3ccccc3c2c1.CC(C)c1ccc2sc3ccccc3c2c1.CC(C)c1cccc2c1c1ccccc1n2-c1ccccc1.CC(C)c1cccc2c1oc1ccccc12.CC(C)c1cccc2c1sc1ccccc12.CC(C)c1cccc2oc3ccccc3c12.CC(C)c1cccc2sc3ccccc3c12. The van der Waals surface area contributed by atoms with Crippen molar-refractivity contribution in [2.24, 2.45) is 0 Å². The summed E-state index contributed by atoms with van der Waals surface area (Å²) in [6.07, 6.45) is 0. The van der Waals surface area contributed by atoms with E-state index in [0.717, 1.165) is 44.7 Å². The number of furan rings is 4. The summed E-state index contributed by atoms with van der Waals surface area (Å²) >= 11 is 7.59. The van der Waals surface area contributed by atoms with Gasteiger partial charge in [0.1, 0.15) is 44.7 Å². The van der Waals surface area contributed by atoms with Gasteiger partial charge in [-0.1, -0.05) is 416 Å². The van der Waals surface area contributed by atoms with Gasteiger partial charge in [-0.15, -0.1) is 45.3 Å². The fourth-order valence-corrected chi connectivity index (χ4v) is 25.6. The largest absolute Gasteiger partial charge is 0.456 e. The van der Waals surface area contributed by atoms with Crippen LogP contribution in [0.4, 0.5) is 0 Å². The van der Waals surface area contributed by atoms with Crippen LogP contribution in [-0.2, 0) is 0 Å². The number of fused-ring (bicyclic) bond motifs is 27. The third-order valence-electron chi connectivity index (χ3n) is 28.9. The van der Waals surface area contributed by atoms with E-state index in [-0.39, 0.29) is 0 Å². The second-order valence-electron chi connectivity index (χ2n) is 42.0. The molecule has 0 spiro atoms. The van der Waals surface area contributed by atoms with Gasteiger partial charge < -0.3 is 22.2 Å². The molecule has 0 amide bonds. The molecule has 0 saturated heterocycles. The molecule has 0 aliphatic heterocycles. The highest BCUT2D eigenvalue weighted by Crippen LogP contribution is 2.46. The molecule has 9 aromatic heterocycles. The topological polar surface area (TPSA) is 57.5 Å². The molecule has 0 fully saturated rings. The van der Waals surface area contributed by atoms with Crippen molar-refractivity contribution in [2.75, 3.05) is 0 Å². The van der Waals surface area contributed by atoms with E-state index in [1.807, 2.05) is 106 Å². The standard InChI is InChI=1S/C21H19N.4C15H14O.4C15H14S/c1-15(2)17-12-8-14-20-21(17)18-11-6-7-13-19(18)22(20)16-9-4-3-5-10-16;1-10(2)11-7-5-8-13-12-6-3-4-9-14(12)16-15(11)13;1-10(2)11-7-5-9-14-15(11)12-6-3-4-8-13(12)16-14;1-10(2)11-7-8-15-13(9-11)12-5-3-4-6-14(12)16-15;1-10(2)11-7-8-13-12-5-3-4-6-14(12)16-15(13)9-11;1-10(2)11-7-5-8-13-12-6-3-4-9-14(12)16-15(11)13;1-10(2)11-7-5-9-14-15(11)12-6-3-4-8-13(12)16-14;1-10(2)11-7-8-15-13(9-11)12-5-3-4-6-14(12)16-15;1-10(2)11-7-8-13-12-5-3-4-6-14(12)16-15(13)9-11/h3-15H,1-2H3;8*3-10H,1-2H3. The van der Waals surface area contributed by atoms with Crippen LogP contribution >= 0.6 is 45.3 Å². The lowest BCUT2D eigenvalue weighted by Gasteiger charge is -2.09. The molecule has 9 heteroatoms. The summed E-state index contributed by atoms with van der Waals surface area (Å²) in [4.78, 5) is 0. The predicted octanol–water partition coefficient (Wildman–Crippen LogP) is 45.5. The van der Waals surface area contributed by atoms with Gasteiger partial charge in [0.2, 0.25) is 0 Å². The average molecular weight is 2030 g/mol. The molecule has 28 aromatic rings. The Kier molecular flexibility index (Phi) is 30.8. The number of aromatic nitrogens is 1. The number of para-hydroxylation sites is 7. The molecule has 0 unspecified atom stereocenters. The number of rotatable bonds is 10. The molecule has 9 heterocycles. The van der Waals surface area contributed by atoms with Gasteiger partial charge in [0.25, 0.3) is 0 Å². The fraction of sp³-hybridized carbons (Fsp3) is 0.191. The first-order chi connectivity index (χ1) is 72.9. The smallest absolute Gasteiger partial charge is 0.138 e. The summed E-state index contributed by atoms with van der Waals surface area (Å²) < 4.78 is 37.0. The Morgan fingerprint density at radius 1 is 0.167 bits per heavy atom. The zero-order valence-electron chi connectivity index (χ0n) is 89.2. The van der Waals surface area contributed by atoms with E-state index in [0.29, 0.717) is 53.3 Å². The van der Waals surface area contributed by atoms with Crippen LogP contribution < -0.4 is 0 Å². The van der Waals surface area contributed by atoms with Crippen LogP contribution in [0.15, 0.2) is 430 Å². The summed E-state index contributed by atoms with van der Waals surface area (Å²) in [5, 5.41) is 23.7. The van der Waals surface area contributed by atoms with Crippen LogP contribution in [0.3, 0.4) is 0 Å². The molecule has 0 aliphatic carbocycles. The molecule has 0 bridgehead atoms. The molecule has 0 aliphatic rings. The van der Waals surface area contributed by atoms with Gasteiger partial charge in [0, 0.05) is 140 Å². The molecule has 19 aromatic carbocycles. The van der Waals surface area contributed by atoms with Crippen molar-refractivity contribution >= 4 is 236 Å². The molecule has 0 N–H and O–H groups in total. The Balaban J connectivity index is 0.000000102. The van der Waals surface area contributed by atoms with Gasteiger partial charge in [-0.25, -0.2) is 0 Å². The lowest BCUT2D eigenvalue weighted by Crippen LogP contribution is -1.93. The summed E-state index contributed by atoms with van der Waals surface area (Å²) in [6, 6.07) is 146. The Labute approximate surface area is 896 Å². The van der Waals surface area contributed by atoms with E-state index in [2.05, 4.69) is 481 Å². The molecule has 0 saturated carbocycles. The van der Waals surface area contributed by atoms with E-state index in [1.165, 1.54) is 201 Å². The fourth-order valence-electron chi connectivity index (χ4n) is 20.8. The minimum Gasteiger partial charge on any atom is -0.456 e. The van der Waals surface area contributed by atoms with Crippen LogP contribution in [-0.4, -0.2) is 4.57 Å². The molecule has 0 atom stereocenters. The van der Waals surface area contributed by atoms with E-state index in [4.69, 9.17) is 17.7 Å². The highest BCUT2D eigenvalue weighted by atomic mass is 32.1. The van der Waals surface area contributed by atoms with Crippen molar-refractivity contribution in [1.29, 1.82) is 0 Å². The monoisotopic (exact) mass is 2030 g/mol. The van der Waals surface area contributed by atoms with Crippen LogP contribution in [0.5, 0.6) is 0 Å². The van der Waals surface area contributed by atoms with Gasteiger partial charge in [0.15, 0.2) is 0 Å². The molecule has 150 heavy (non-hydrogen) atoms. The first-order valence-corrected chi connectivity index (χ1v) is 56.5. The van der Waals surface area contributed by atoms with Crippen LogP contribution in [0.25, 0.3) is 196 Å². The van der Waals surface area contributed by atoms with Gasteiger partial charge >= 0.3 is 0 Å². The van der Waals surface area contributed by atoms with Crippen molar-refractivity contribution < 1.29 is 17.7 Å². The average Bonchev–Trinajstić information content (AvgIpc) is 1.58. The quantitative estimate of drug-likeness (QED) is 0.137. The lowest BCUT2D eigenvalue weighted by molar-refractivity contribution is 0.657. The van der Waals surface area contributed by atoms with Gasteiger partial charge in [-0.2, -0.15) is 0 Å². The maximum Gasteiger partial charge on any atom is 0.138 e. The third kappa shape index (κ3) is 21.3. The second kappa shape index (κ2) is 45.2. The van der Waals surface area contributed by atoms with E-state index >= 15 is 0 Å². The van der Waals surface area contributed by atoms with Crippen molar-refractivity contribution in [1.82, 2.24) is 4.57 Å². The highest BCUT2D eigenvalue weighted by molar-refractivity contribution is 7.27. The van der Waals surface area contributed by atoms with Crippen molar-refractivity contribution in [2.45, 2.75) is 178 Å². The number of hydrogen-bond donors (Lipinski definition) is 0. The summed E-state index contributed by atoms with van der Waals surface area (Å²) in [5.41, 5.74) is 24.2. The second-order valence-corrected chi connectivity index (χ2v) is 46.3. The van der Waals surface area contributed by atoms with Crippen molar-refractivity contribution in [3.05, 3.63) is 463 Å². The normalized spacial score (nSPS) is 11.7. The summed E-state index contributed by atoms with van der Waals surface area (Å²) in [7, 11) is 0. The molecular formula is C141H131NO4S4. The van der Waals surface area contributed by atoms with Gasteiger partial charge in [0.05, 0.1) is 11.0 Å². The first kappa shape index (κ1) is 102. The first-order valence-electron chi connectivity index (χ1n) is 53.2. The number of benzene rings is 19. The number of nitrogens with zero attached hydrogens (tertiary/aromatic N) is 1. The number of thiophene rings is 4. The van der Waals surface area contributed by atoms with Gasteiger partial charge in [-0.3, -0.25) is 0 Å². The van der Waals surface area contributed by atoms with Crippen LogP contribution in [0, 0.1) is 0 Å². The zero-order valence-corrected chi connectivity index (χ0v) is 92.4. The maximum atomic E-state index is 5.94. The molecule has 748 valence electrons. The van der Waals surface area contributed by atoms with Crippen LogP contribution in [0.1, 0.15) is 228 Å². The zero-order chi connectivity index (χ0) is 104. The highest BCUT2D eigenvalue weighted by Gasteiger charge is 2.21. The maximum absolute atomic E-state index is 5.94. The number of hydrogen-bond acceptors (Lipinski definition) is 8. The Morgan fingerprint density at radius 2 is 0.500 bits per heavy atom. The van der Waals surface area contributed by atoms with Gasteiger partial charge in [-0.05, 0) is 225 Å². The minimum atomic E-state index is 0.490. The lowest BCUT2D eigenvalue weighted by atomic mass is 9.97. The Morgan fingerprint density at radius 3 is 1.10 bits per heavy atom. The van der Waals surface area contributed by atoms with E-state index in [9.17, 15) is 0 Å². The summed E-state index contributed by atoms with van der Waals surface area (Å²) in [5.74, 6) is 5.00.